The number of carboxylic acid groups (broad SMARTS) is 1. The number of halogens is 1. The van der Waals surface area contributed by atoms with Gasteiger partial charge in [-0.25, -0.2) is 0 Å². The SMILES string of the molecule is O=C(O)C[C@H](NC(=O)C1COc2ccccc2C1)c1ccc(Cl)cc1. The fraction of sp³-hybridized carbons (Fsp3) is 0.263. The second-order valence-corrected chi connectivity index (χ2v) is 6.47. The molecule has 2 aromatic rings. The van der Waals surface area contributed by atoms with Crippen molar-refractivity contribution in [2.24, 2.45) is 5.92 Å². The number of rotatable bonds is 5. The first-order valence-corrected chi connectivity index (χ1v) is 8.39. The fourth-order valence-corrected chi connectivity index (χ4v) is 3.03. The number of ether oxygens (including phenoxy) is 1. The molecule has 1 unspecified atom stereocenters. The van der Waals surface area contributed by atoms with E-state index in [1.807, 2.05) is 24.3 Å². The second kappa shape index (κ2) is 7.57. The molecule has 0 bridgehead atoms. The lowest BCUT2D eigenvalue weighted by Gasteiger charge is -2.26. The van der Waals surface area contributed by atoms with E-state index in [2.05, 4.69) is 5.32 Å². The van der Waals surface area contributed by atoms with E-state index in [4.69, 9.17) is 21.4 Å². The minimum atomic E-state index is -0.981. The van der Waals surface area contributed by atoms with Crippen LogP contribution in [0.1, 0.15) is 23.6 Å². The summed E-state index contributed by atoms with van der Waals surface area (Å²) in [6, 6.07) is 13.8. The van der Waals surface area contributed by atoms with Crippen molar-refractivity contribution < 1.29 is 19.4 Å². The van der Waals surface area contributed by atoms with Crippen molar-refractivity contribution in [1.82, 2.24) is 5.32 Å². The maximum absolute atomic E-state index is 12.6. The van der Waals surface area contributed by atoms with Crippen LogP contribution in [-0.4, -0.2) is 23.6 Å². The van der Waals surface area contributed by atoms with Gasteiger partial charge in [0.2, 0.25) is 5.91 Å². The molecular weight excluding hydrogens is 342 g/mol. The minimum absolute atomic E-state index is 0.197. The van der Waals surface area contributed by atoms with Gasteiger partial charge in [0, 0.05) is 5.02 Å². The summed E-state index contributed by atoms with van der Waals surface area (Å²) < 4.78 is 5.65. The molecule has 0 saturated carbocycles. The van der Waals surface area contributed by atoms with Crippen molar-refractivity contribution in [2.45, 2.75) is 18.9 Å². The molecular formula is C19H18ClNO4. The molecule has 0 fully saturated rings. The number of benzene rings is 2. The smallest absolute Gasteiger partial charge is 0.305 e. The van der Waals surface area contributed by atoms with Gasteiger partial charge in [0.1, 0.15) is 12.4 Å². The van der Waals surface area contributed by atoms with E-state index < -0.39 is 12.0 Å². The highest BCUT2D eigenvalue weighted by atomic mass is 35.5. The van der Waals surface area contributed by atoms with Crippen molar-refractivity contribution in [3.05, 3.63) is 64.7 Å². The van der Waals surface area contributed by atoms with Gasteiger partial charge in [-0.05, 0) is 35.7 Å². The molecule has 0 aliphatic carbocycles. The van der Waals surface area contributed by atoms with E-state index in [0.29, 0.717) is 17.0 Å². The van der Waals surface area contributed by atoms with E-state index in [9.17, 15) is 9.59 Å². The van der Waals surface area contributed by atoms with Crippen LogP contribution in [0.2, 0.25) is 5.02 Å². The number of aliphatic carboxylic acids is 1. The molecule has 0 spiro atoms. The molecule has 2 N–H and O–H groups in total. The second-order valence-electron chi connectivity index (χ2n) is 6.03. The van der Waals surface area contributed by atoms with Gasteiger partial charge in [-0.1, -0.05) is 41.9 Å². The van der Waals surface area contributed by atoms with Gasteiger partial charge in [-0.3, -0.25) is 9.59 Å². The Morgan fingerprint density at radius 1 is 1.20 bits per heavy atom. The molecule has 0 radical (unpaired) electrons. The van der Waals surface area contributed by atoms with Crippen LogP contribution in [0.4, 0.5) is 0 Å². The number of para-hydroxylation sites is 1. The lowest BCUT2D eigenvalue weighted by molar-refractivity contribution is -0.138. The number of amides is 1. The molecule has 5 nitrogen and oxygen atoms in total. The van der Waals surface area contributed by atoms with Crippen LogP contribution in [0, 0.1) is 5.92 Å². The lowest BCUT2D eigenvalue weighted by Crippen LogP contribution is -2.39. The number of hydrogen-bond acceptors (Lipinski definition) is 3. The van der Waals surface area contributed by atoms with E-state index in [-0.39, 0.29) is 24.9 Å². The lowest BCUT2D eigenvalue weighted by atomic mass is 9.95. The number of carboxylic acids is 1. The van der Waals surface area contributed by atoms with Gasteiger partial charge < -0.3 is 15.2 Å². The zero-order chi connectivity index (χ0) is 17.8. The Kier molecular flexibility index (Phi) is 5.24. The van der Waals surface area contributed by atoms with Gasteiger partial charge in [0.15, 0.2) is 0 Å². The van der Waals surface area contributed by atoms with Crippen molar-refractivity contribution in [3.63, 3.8) is 0 Å². The molecule has 6 heteroatoms. The summed E-state index contributed by atoms with van der Waals surface area (Å²) in [6.07, 6.45) is 0.375. The van der Waals surface area contributed by atoms with Crippen LogP contribution in [-0.2, 0) is 16.0 Å². The maximum atomic E-state index is 12.6. The standard InChI is InChI=1S/C19H18ClNO4/c20-15-7-5-12(6-8-15)16(10-18(22)23)21-19(24)14-9-13-3-1-2-4-17(13)25-11-14/h1-8,14,16H,9-11H2,(H,21,24)(H,22,23)/t14?,16-/m0/s1. The molecule has 1 aliphatic rings. The number of fused-ring (bicyclic) bond motifs is 1. The highest BCUT2D eigenvalue weighted by Crippen LogP contribution is 2.28. The van der Waals surface area contributed by atoms with E-state index in [0.717, 1.165) is 11.3 Å². The topological polar surface area (TPSA) is 75.6 Å². The third kappa shape index (κ3) is 4.31. The Labute approximate surface area is 150 Å². The van der Waals surface area contributed by atoms with Gasteiger partial charge in [-0.15, -0.1) is 0 Å². The highest BCUT2D eigenvalue weighted by molar-refractivity contribution is 6.30. The highest BCUT2D eigenvalue weighted by Gasteiger charge is 2.28. The predicted molar refractivity (Wildman–Crippen MR) is 93.7 cm³/mol. The molecule has 0 aromatic heterocycles. The van der Waals surface area contributed by atoms with Crippen LogP contribution in [0.5, 0.6) is 5.75 Å². The van der Waals surface area contributed by atoms with Gasteiger partial charge in [0.25, 0.3) is 0 Å². The minimum Gasteiger partial charge on any atom is -0.492 e. The Balaban J connectivity index is 1.72. The Morgan fingerprint density at radius 2 is 1.92 bits per heavy atom. The van der Waals surface area contributed by atoms with Crippen molar-refractivity contribution >= 4 is 23.5 Å². The Bertz CT molecular complexity index is 775. The molecule has 1 aliphatic heterocycles. The van der Waals surface area contributed by atoms with Gasteiger partial charge in [0.05, 0.1) is 18.4 Å². The molecule has 2 aromatic carbocycles. The van der Waals surface area contributed by atoms with Crippen molar-refractivity contribution in [3.8, 4) is 5.75 Å². The molecule has 1 amide bonds. The Hall–Kier alpha value is -2.53. The number of carbonyl (C=O) groups is 2. The van der Waals surface area contributed by atoms with Crippen molar-refractivity contribution in [2.75, 3.05) is 6.61 Å². The third-order valence-corrected chi connectivity index (χ3v) is 4.47. The molecule has 3 rings (SSSR count). The average Bonchev–Trinajstić information content (AvgIpc) is 2.61. The van der Waals surface area contributed by atoms with Crippen LogP contribution in [0.25, 0.3) is 0 Å². The normalized spacial score (nSPS) is 17.1. The maximum Gasteiger partial charge on any atom is 0.305 e. The quantitative estimate of drug-likeness (QED) is 0.859. The number of carbonyl (C=O) groups excluding carboxylic acids is 1. The van der Waals surface area contributed by atoms with Gasteiger partial charge in [-0.2, -0.15) is 0 Å². The summed E-state index contributed by atoms with van der Waals surface area (Å²) >= 11 is 5.88. The van der Waals surface area contributed by atoms with Crippen molar-refractivity contribution in [1.29, 1.82) is 0 Å². The van der Waals surface area contributed by atoms with Crippen LogP contribution >= 0.6 is 11.6 Å². The third-order valence-electron chi connectivity index (χ3n) is 4.22. The Morgan fingerprint density at radius 3 is 2.64 bits per heavy atom. The first-order chi connectivity index (χ1) is 12.0. The summed E-state index contributed by atoms with van der Waals surface area (Å²) in [7, 11) is 0. The molecule has 130 valence electrons. The van der Waals surface area contributed by atoms with E-state index in [1.54, 1.807) is 24.3 Å². The molecule has 25 heavy (non-hydrogen) atoms. The summed E-state index contributed by atoms with van der Waals surface area (Å²) in [4.78, 5) is 23.8. The first-order valence-electron chi connectivity index (χ1n) is 8.01. The summed E-state index contributed by atoms with van der Waals surface area (Å²) in [5.41, 5.74) is 1.69. The molecule has 2 atom stereocenters. The van der Waals surface area contributed by atoms with E-state index >= 15 is 0 Å². The zero-order valence-electron chi connectivity index (χ0n) is 13.4. The summed E-state index contributed by atoms with van der Waals surface area (Å²) in [5, 5.41) is 12.5. The zero-order valence-corrected chi connectivity index (χ0v) is 14.2. The van der Waals surface area contributed by atoms with Crippen LogP contribution in [0.15, 0.2) is 48.5 Å². The molecule has 1 heterocycles. The fourth-order valence-electron chi connectivity index (χ4n) is 2.91. The largest absolute Gasteiger partial charge is 0.492 e. The summed E-state index contributed by atoms with van der Waals surface area (Å²) in [5.74, 6) is -0.744. The van der Waals surface area contributed by atoms with E-state index in [1.165, 1.54) is 0 Å². The predicted octanol–water partition coefficient (Wildman–Crippen LogP) is 3.22. The number of hydrogen-bond donors (Lipinski definition) is 2. The monoisotopic (exact) mass is 359 g/mol. The first kappa shape index (κ1) is 17.3. The van der Waals surface area contributed by atoms with Crippen LogP contribution < -0.4 is 10.1 Å². The van der Waals surface area contributed by atoms with Gasteiger partial charge >= 0.3 is 5.97 Å². The average molecular weight is 360 g/mol. The van der Waals surface area contributed by atoms with Crippen LogP contribution in [0.3, 0.4) is 0 Å². The number of nitrogens with one attached hydrogen (secondary N) is 1. The summed E-state index contributed by atoms with van der Waals surface area (Å²) in [6.45, 7) is 0.281. The molecule has 0 saturated heterocycles.